The van der Waals surface area contributed by atoms with Crippen LogP contribution in [-0.2, 0) is 6.54 Å². The lowest BCUT2D eigenvalue weighted by Gasteiger charge is -2.13. The van der Waals surface area contributed by atoms with E-state index in [1.165, 1.54) is 29.2 Å². The molecule has 0 aliphatic carbocycles. The van der Waals surface area contributed by atoms with E-state index in [0.29, 0.717) is 5.56 Å². The molecule has 2 aromatic carbocycles. The molecule has 0 saturated carbocycles. The van der Waals surface area contributed by atoms with Gasteiger partial charge in [0.25, 0.3) is 5.69 Å². The Morgan fingerprint density at radius 2 is 2.15 bits per heavy atom. The summed E-state index contributed by atoms with van der Waals surface area (Å²) in [6, 6.07) is 9.72. The van der Waals surface area contributed by atoms with E-state index in [1.807, 2.05) is 25.1 Å². The lowest BCUT2D eigenvalue weighted by Crippen LogP contribution is -2.12. The highest BCUT2D eigenvalue weighted by molar-refractivity contribution is 5.93. The lowest BCUT2D eigenvalue weighted by molar-refractivity contribution is -0.385. The Morgan fingerprint density at radius 1 is 1.35 bits per heavy atom. The number of nitrogens with one attached hydrogen (secondary N) is 1. The summed E-state index contributed by atoms with van der Waals surface area (Å²) in [7, 11) is 0. The molecule has 0 bridgehead atoms. The number of hydrogen-bond donors (Lipinski definition) is 2. The summed E-state index contributed by atoms with van der Waals surface area (Å²) >= 11 is 0. The van der Waals surface area contributed by atoms with Gasteiger partial charge in [-0.25, -0.2) is 4.68 Å². The SMILES string of the molecule is Cc1c(NCc2ccc(C(N)=O)cc2[N+](=O)[O-])cccc1-n1cnnn1. The zero-order valence-electron chi connectivity index (χ0n) is 13.8. The van der Waals surface area contributed by atoms with Crippen LogP contribution in [0.1, 0.15) is 21.5 Å². The summed E-state index contributed by atoms with van der Waals surface area (Å²) in [5.41, 5.74) is 8.01. The van der Waals surface area contributed by atoms with Crippen LogP contribution in [0.2, 0.25) is 0 Å². The highest BCUT2D eigenvalue weighted by atomic mass is 16.6. The van der Waals surface area contributed by atoms with Crippen LogP contribution in [-0.4, -0.2) is 31.0 Å². The van der Waals surface area contributed by atoms with Gasteiger partial charge in [0.05, 0.1) is 10.6 Å². The monoisotopic (exact) mass is 353 g/mol. The Morgan fingerprint density at radius 3 is 2.81 bits per heavy atom. The van der Waals surface area contributed by atoms with Crippen LogP contribution in [0.25, 0.3) is 5.69 Å². The van der Waals surface area contributed by atoms with Gasteiger partial charge in [0.1, 0.15) is 6.33 Å². The smallest absolute Gasteiger partial charge is 0.275 e. The number of primary amides is 1. The number of amides is 1. The number of rotatable bonds is 6. The van der Waals surface area contributed by atoms with Gasteiger partial charge in [0.2, 0.25) is 5.91 Å². The van der Waals surface area contributed by atoms with Crippen molar-refractivity contribution in [3.63, 3.8) is 0 Å². The fourth-order valence-electron chi connectivity index (χ4n) is 2.56. The van der Waals surface area contributed by atoms with E-state index in [4.69, 9.17) is 5.73 Å². The van der Waals surface area contributed by atoms with Gasteiger partial charge in [-0.2, -0.15) is 0 Å². The average molecular weight is 353 g/mol. The van der Waals surface area contributed by atoms with Gasteiger partial charge in [-0.15, -0.1) is 5.10 Å². The molecular formula is C16H15N7O3. The second-order valence-electron chi connectivity index (χ2n) is 5.52. The summed E-state index contributed by atoms with van der Waals surface area (Å²) in [6.45, 7) is 2.10. The standard InChI is InChI=1S/C16H15N7O3/c1-10-13(3-2-4-14(10)22-9-19-20-21-22)18-8-12-6-5-11(16(17)24)7-15(12)23(25)26/h2-7,9,18H,8H2,1H3,(H2,17,24). The zero-order chi connectivity index (χ0) is 18.7. The number of aromatic nitrogens is 4. The van der Waals surface area contributed by atoms with Crippen LogP contribution < -0.4 is 11.1 Å². The molecule has 132 valence electrons. The van der Waals surface area contributed by atoms with Crippen LogP contribution in [0.15, 0.2) is 42.7 Å². The van der Waals surface area contributed by atoms with Gasteiger partial charge < -0.3 is 11.1 Å². The molecule has 1 aromatic heterocycles. The fraction of sp³-hybridized carbons (Fsp3) is 0.125. The highest BCUT2D eigenvalue weighted by Crippen LogP contribution is 2.25. The molecular weight excluding hydrogens is 338 g/mol. The van der Waals surface area contributed by atoms with Crippen molar-refractivity contribution in [3.8, 4) is 5.69 Å². The van der Waals surface area contributed by atoms with E-state index in [1.54, 1.807) is 0 Å². The summed E-state index contributed by atoms with van der Waals surface area (Å²) in [4.78, 5) is 22.0. The Kier molecular flexibility index (Phi) is 4.56. The van der Waals surface area contributed by atoms with Crippen LogP contribution in [0.5, 0.6) is 0 Å². The van der Waals surface area contributed by atoms with E-state index in [0.717, 1.165) is 16.9 Å². The van der Waals surface area contributed by atoms with Crippen LogP contribution in [0.4, 0.5) is 11.4 Å². The molecule has 10 nitrogen and oxygen atoms in total. The molecule has 0 radical (unpaired) electrons. The Balaban J connectivity index is 1.87. The minimum Gasteiger partial charge on any atom is -0.380 e. The first kappa shape index (κ1) is 17.0. The van der Waals surface area contributed by atoms with Crippen LogP contribution >= 0.6 is 0 Å². The first-order valence-corrected chi connectivity index (χ1v) is 7.61. The second-order valence-corrected chi connectivity index (χ2v) is 5.52. The van der Waals surface area contributed by atoms with Crippen molar-refractivity contribution in [2.24, 2.45) is 5.73 Å². The number of hydrogen-bond acceptors (Lipinski definition) is 7. The number of nitro benzene ring substituents is 1. The molecule has 0 aliphatic heterocycles. The minimum absolute atomic E-state index is 0.0947. The molecule has 10 heteroatoms. The molecule has 0 atom stereocenters. The van der Waals surface area contributed by atoms with E-state index in [2.05, 4.69) is 20.8 Å². The van der Waals surface area contributed by atoms with Crippen molar-refractivity contribution in [1.29, 1.82) is 0 Å². The quantitative estimate of drug-likeness (QED) is 0.506. The number of carbonyl (C=O) groups is 1. The molecule has 0 saturated heterocycles. The van der Waals surface area contributed by atoms with Gasteiger partial charge in [-0.1, -0.05) is 6.07 Å². The van der Waals surface area contributed by atoms with Crippen molar-refractivity contribution in [2.45, 2.75) is 13.5 Å². The summed E-state index contributed by atoms with van der Waals surface area (Å²) in [5, 5.41) is 25.6. The normalized spacial score (nSPS) is 10.5. The molecule has 3 aromatic rings. The maximum absolute atomic E-state index is 11.3. The van der Waals surface area contributed by atoms with E-state index in [-0.39, 0.29) is 17.8 Å². The molecule has 0 aliphatic rings. The molecule has 3 rings (SSSR count). The summed E-state index contributed by atoms with van der Waals surface area (Å²) in [5.74, 6) is -0.711. The number of nitrogens with two attached hydrogens (primary N) is 1. The largest absolute Gasteiger partial charge is 0.380 e. The van der Waals surface area contributed by atoms with Crippen LogP contribution in [0, 0.1) is 17.0 Å². The third-order valence-electron chi connectivity index (χ3n) is 3.94. The first-order chi connectivity index (χ1) is 12.5. The lowest BCUT2D eigenvalue weighted by atomic mass is 10.1. The number of nitro groups is 1. The highest BCUT2D eigenvalue weighted by Gasteiger charge is 2.17. The number of benzene rings is 2. The Hall–Kier alpha value is -3.82. The number of carbonyl (C=O) groups excluding carboxylic acids is 1. The van der Waals surface area contributed by atoms with Gasteiger partial charge in [-0.3, -0.25) is 14.9 Å². The number of nitrogens with zero attached hydrogens (tertiary/aromatic N) is 5. The van der Waals surface area contributed by atoms with Crippen molar-refractivity contribution in [1.82, 2.24) is 20.2 Å². The Bertz CT molecular complexity index is 970. The van der Waals surface area contributed by atoms with Gasteiger partial charge in [0.15, 0.2) is 0 Å². The number of anilines is 1. The van der Waals surface area contributed by atoms with Crippen molar-refractivity contribution in [3.05, 3.63) is 69.5 Å². The van der Waals surface area contributed by atoms with Gasteiger partial charge in [-0.05, 0) is 47.2 Å². The maximum atomic E-state index is 11.3. The van der Waals surface area contributed by atoms with Gasteiger partial charge >= 0.3 is 0 Å². The predicted octanol–water partition coefficient (Wildman–Crippen LogP) is 1.59. The predicted molar refractivity (Wildman–Crippen MR) is 92.8 cm³/mol. The average Bonchev–Trinajstić information content (AvgIpc) is 3.15. The third-order valence-corrected chi connectivity index (χ3v) is 3.94. The minimum atomic E-state index is -0.711. The maximum Gasteiger partial charge on any atom is 0.275 e. The third kappa shape index (κ3) is 3.34. The summed E-state index contributed by atoms with van der Waals surface area (Å²) in [6.07, 6.45) is 1.49. The molecule has 0 unspecified atom stereocenters. The molecule has 3 N–H and O–H groups in total. The second kappa shape index (κ2) is 6.97. The topological polar surface area (TPSA) is 142 Å². The molecule has 1 heterocycles. The Labute approximate surface area is 147 Å². The van der Waals surface area contributed by atoms with Crippen molar-refractivity contribution >= 4 is 17.3 Å². The van der Waals surface area contributed by atoms with Crippen molar-refractivity contribution < 1.29 is 9.72 Å². The fourth-order valence-corrected chi connectivity index (χ4v) is 2.56. The summed E-state index contributed by atoms with van der Waals surface area (Å²) < 4.78 is 1.53. The molecule has 26 heavy (non-hydrogen) atoms. The number of tetrazole rings is 1. The zero-order valence-corrected chi connectivity index (χ0v) is 13.8. The molecule has 0 fully saturated rings. The van der Waals surface area contributed by atoms with E-state index >= 15 is 0 Å². The van der Waals surface area contributed by atoms with E-state index in [9.17, 15) is 14.9 Å². The molecule has 1 amide bonds. The van der Waals surface area contributed by atoms with E-state index < -0.39 is 10.8 Å². The van der Waals surface area contributed by atoms with Crippen LogP contribution in [0.3, 0.4) is 0 Å². The van der Waals surface area contributed by atoms with Crippen molar-refractivity contribution in [2.75, 3.05) is 5.32 Å². The molecule has 0 spiro atoms. The van der Waals surface area contributed by atoms with Gasteiger partial charge in [0, 0.05) is 29.4 Å². The first-order valence-electron chi connectivity index (χ1n) is 7.61.